The first kappa shape index (κ1) is 10.4. The van der Waals surface area contributed by atoms with Crippen molar-refractivity contribution in [1.82, 2.24) is 9.88 Å². The van der Waals surface area contributed by atoms with Gasteiger partial charge in [0.15, 0.2) is 11.6 Å². The van der Waals surface area contributed by atoms with E-state index in [-0.39, 0.29) is 5.82 Å². The van der Waals surface area contributed by atoms with E-state index in [4.69, 9.17) is 0 Å². The van der Waals surface area contributed by atoms with Crippen LogP contribution < -0.4 is 5.32 Å². The van der Waals surface area contributed by atoms with Crippen LogP contribution >= 0.6 is 0 Å². The van der Waals surface area contributed by atoms with Crippen molar-refractivity contribution in [2.24, 2.45) is 0 Å². The molecule has 0 saturated heterocycles. The normalized spacial score (nSPS) is 15.7. The molecule has 1 heterocycles. The Kier molecular flexibility index (Phi) is 3.16. The molecule has 1 saturated carbocycles. The van der Waals surface area contributed by atoms with E-state index in [0.29, 0.717) is 5.82 Å². The van der Waals surface area contributed by atoms with Gasteiger partial charge in [-0.1, -0.05) is 0 Å². The molecule has 1 N–H and O–H groups in total. The van der Waals surface area contributed by atoms with E-state index in [1.54, 1.807) is 12.3 Å². The summed E-state index contributed by atoms with van der Waals surface area (Å²) in [6, 6.07) is 3.76. The van der Waals surface area contributed by atoms with E-state index in [9.17, 15) is 4.39 Å². The molecule has 0 aromatic carbocycles. The van der Waals surface area contributed by atoms with Crippen LogP contribution in [0.4, 0.5) is 10.2 Å². The molecule has 0 spiro atoms. The second kappa shape index (κ2) is 4.57. The lowest BCUT2D eigenvalue weighted by Crippen LogP contribution is -2.27. The Morgan fingerprint density at radius 1 is 1.60 bits per heavy atom. The molecule has 4 heteroatoms. The maximum Gasteiger partial charge on any atom is 0.165 e. The van der Waals surface area contributed by atoms with Crippen molar-refractivity contribution in [3.8, 4) is 0 Å². The summed E-state index contributed by atoms with van der Waals surface area (Å²) in [7, 11) is 2.11. The summed E-state index contributed by atoms with van der Waals surface area (Å²) in [5, 5.41) is 3.00. The highest BCUT2D eigenvalue weighted by Crippen LogP contribution is 2.24. The Balaban J connectivity index is 1.75. The van der Waals surface area contributed by atoms with E-state index >= 15 is 0 Å². The summed E-state index contributed by atoms with van der Waals surface area (Å²) in [6.07, 6.45) is 4.19. The molecule has 1 fully saturated rings. The molecule has 1 aliphatic rings. The molecular formula is C11H16FN3. The summed E-state index contributed by atoms with van der Waals surface area (Å²) in [5.41, 5.74) is 0. The minimum atomic E-state index is -0.286. The third-order valence-corrected chi connectivity index (χ3v) is 2.69. The van der Waals surface area contributed by atoms with Crippen molar-refractivity contribution in [1.29, 1.82) is 0 Å². The van der Waals surface area contributed by atoms with Gasteiger partial charge in [-0.05, 0) is 32.0 Å². The molecule has 1 aromatic rings. The number of halogens is 1. The number of hydrogen-bond acceptors (Lipinski definition) is 3. The topological polar surface area (TPSA) is 28.2 Å². The Morgan fingerprint density at radius 2 is 2.40 bits per heavy atom. The molecule has 0 aliphatic heterocycles. The summed E-state index contributed by atoms with van der Waals surface area (Å²) in [6.45, 7) is 1.67. The van der Waals surface area contributed by atoms with Crippen LogP contribution in [-0.4, -0.2) is 36.1 Å². The first-order chi connectivity index (χ1) is 7.27. The average molecular weight is 209 g/mol. The third kappa shape index (κ3) is 2.89. The van der Waals surface area contributed by atoms with Crippen LogP contribution in [0.2, 0.25) is 0 Å². The standard InChI is InChI=1S/C11H16FN3/c1-15(9-4-5-9)8-7-14-11-10(12)3-2-6-13-11/h2-3,6,9H,4-5,7-8H2,1H3,(H,13,14). The Bertz CT molecular complexity index is 325. The molecule has 1 aromatic heterocycles. The highest BCUT2D eigenvalue weighted by molar-refractivity contribution is 5.35. The van der Waals surface area contributed by atoms with E-state index < -0.39 is 0 Å². The van der Waals surface area contributed by atoms with Crippen molar-refractivity contribution in [2.45, 2.75) is 18.9 Å². The van der Waals surface area contributed by atoms with Crippen molar-refractivity contribution < 1.29 is 4.39 Å². The van der Waals surface area contributed by atoms with Crippen LogP contribution in [0, 0.1) is 5.82 Å². The fourth-order valence-corrected chi connectivity index (χ4v) is 1.56. The predicted octanol–water partition coefficient (Wildman–Crippen LogP) is 1.73. The Hall–Kier alpha value is -1.16. The zero-order valence-corrected chi connectivity index (χ0v) is 8.91. The van der Waals surface area contributed by atoms with Gasteiger partial charge in [-0.15, -0.1) is 0 Å². The molecule has 3 nitrogen and oxygen atoms in total. The number of likely N-dealkylation sites (N-methyl/N-ethyl adjacent to an activating group) is 1. The van der Waals surface area contributed by atoms with E-state index in [0.717, 1.165) is 19.1 Å². The van der Waals surface area contributed by atoms with Gasteiger partial charge in [0.25, 0.3) is 0 Å². The van der Waals surface area contributed by atoms with Gasteiger partial charge in [0, 0.05) is 25.3 Å². The fraction of sp³-hybridized carbons (Fsp3) is 0.545. The molecular weight excluding hydrogens is 193 g/mol. The molecule has 82 valence electrons. The Morgan fingerprint density at radius 3 is 3.07 bits per heavy atom. The average Bonchev–Trinajstić information content (AvgIpc) is 3.04. The first-order valence-corrected chi connectivity index (χ1v) is 5.32. The van der Waals surface area contributed by atoms with Gasteiger partial charge in [0.2, 0.25) is 0 Å². The zero-order valence-electron chi connectivity index (χ0n) is 8.91. The minimum Gasteiger partial charge on any atom is -0.366 e. The summed E-state index contributed by atoms with van der Waals surface area (Å²) in [5.74, 6) is 0.0632. The van der Waals surface area contributed by atoms with Crippen LogP contribution in [0.3, 0.4) is 0 Å². The molecule has 0 unspecified atom stereocenters. The smallest absolute Gasteiger partial charge is 0.165 e. The summed E-state index contributed by atoms with van der Waals surface area (Å²) >= 11 is 0. The highest BCUT2D eigenvalue weighted by atomic mass is 19.1. The summed E-state index contributed by atoms with van der Waals surface area (Å²) in [4.78, 5) is 6.23. The first-order valence-electron chi connectivity index (χ1n) is 5.32. The lowest BCUT2D eigenvalue weighted by atomic mass is 10.4. The molecule has 1 aliphatic carbocycles. The van der Waals surface area contributed by atoms with Crippen LogP contribution in [-0.2, 0) is 0 Å². The van der Waals surface area contributed by atoms with Gasteiger partial charge in [-0.2, -0.15) is 0 Å². The number of rotatable bonds is 5. The third-order valence-electron chi connectivity index (χ3n) is 2.69. The number of anilines is 1. The van der Waals surface area contributed by atoms with E-state index in [1.165, 1.54) is 18.9 Å². The fourth-order valence-electron chi connectivity index (χ4n) is 1.56. The number of aromatic nitrogens is 1. The van der Waals surface area contributed by atoms with E-state index in [2.05, 4.69) is 22.2 Å². The van der Waals surface area contributed by atoms with Gasteiger partial charge in [0.05, 0.1) is 0 Å². The largest absolute Gasteiger partial charge is 0.366 e. The molecule has 0 radical (unpaired) electrons. The van der Waals surface area contributed by atoms with Crippen molar-refractivity contribution >= 4 is 5.82 Å². The zero-order chi connectivity index (χ0) is 10.7. The van der Waals surface area contributed by atoms with Crippen LogP contribution in [0.1, 0.15) is 12.8 Å². The second-order valence-corrected chi connectivity index (χ2v) is 3.97. The van der Waals surface area contributed by atoms with Crippen LogP contribution in [0.5, 0.6) is 0 Å². The Labute approximate surface area is 89.3 Å². The minimum absolute atomic E-state index is 0.286. The van der Waals surface area contributed by atoms with Crippen molar-refractivity contribution in [3.05, 3.63) is 24.1 Å². The van der Waals surface area contributed by atoms with Crippen molar-refractivity contribution in [3.63, 3.8) is 0 Å². The number of nitrogens with zero attached hydrogens (tertiary/aromatic N) is 2. The molecule has 15 heavy (non-hydrogen) atoms. The van der Waals surface area contributed by atoms with E-state index in [1.807, 2.05) is 0 Å². The predicted molar refractivity (Wildman–Crippen MR) is 58.3 cm³/mol. The number of nitrogens with one attached hydrogen (secondary N) is 1. The van der Waals surface area contributed by atoms with Crippen LogP contribution in [0.25, 0.3) is 0 Å². The van der Waals surface area contributed by atoms with Gasteiger partial charge in [-0.3, -0.25) is 0 Å². The summed E-state index contributed by atoms with van der Waals surface area (Å²) < 4.78 is 13.1. The van der Waals surface area contributed by atoms with Gasteiger partial charge in [-0.25, -0.2) is 9.37 Å². The van der Waals surface area contributed by atoms with Gasteiger partial charge in [0.1, 0.15) is 0 Å². The van der Waals surface area contributed by atoms with Crippen LogP contribution in [0.15, 0.2) is 18.3 Å². The van der Waals surface area contributed by atoms with Gasteiger partial charge >= 0.3 is 0 Å². The number of pyridine rings is 1. The maximum atomic E-state index is 13.1. The monoisotopic (exact) mass is 209 g/mol. The second-order valence-electron chi connectivity index (χ2n) is 3.97. The highest BCUT2D eigenvalue weighted by Gasteiger charge is 2.25. The molecule has 0 amide bonds. The maximum absolute atomic E-state index is 13.1. The lowest BCUT2D eigenvalue weighted by Gasteiger charge is -2.15. The molecule has 0 atom stereocenters. The molecule has 2 rings (SSSR count). The van der Waals surface area contributed by atoms with Crippen molar-refractivity contribution in [2.75, 3.05) is 25.5 Å². The van der Waals surface area contributed by atoms with Gasteiger partial charge < -0.3 is 10.2 Å². The lowest BCUT2D eigenvalue weighted by molar-refractivity contribution is 0.337. The quantitative estimate of drug-likeness (QED) is 0.800. The molecule has 0 bridgehead atoms. The number of hydrogen-bond donors (Lipinski definition) is 1. The SMILES string of the molecule is CN(CCNc1ncccc1F)C1CC1.